The molecule has 0 bridgehead atoms. The van der Waals surface area contributed by atoms with E-state index >= 15 is 0 Å². The van der Waals surface area contributed by atoms with E-state index in [9.17, 15) is 13.2 Å². The average Bonchev–Trinajstić information content (AvgIpc) is 3.30. The van der Waals surface area contributed by atoms with Crippen molar-refractivity contribution in [3.63, 3.8) is 0 Å². The van der Waals surface area contributed by atoms with Gasteiger partial charge in [0.15, 0.2) is 5.69 Å². The van der Waals surface area contributed by atoms with Gasteiger partial charge >= 0.3 is 6.18 Å². The van der Waals surface area contributed by atoms with E-state index in [2.05, 4.69) is 33.7 Å². The van der Waals surface area contributed by atoms with Crippen LogP contribution in [0, 0.1) is 0 Å². The molecule has 1 aliphatic heterocycles. The predicted molar refractivity (Wildman–Crippen MR) is 122 cm³/mol. The maximum Gasteiger partial charge on any atom is 0.434 e. The van der Waals surface area contributed by atoms with E-state index in [1.54, 1.807) is 10.2 Å². The largest absolute Gasteiger partial charge is 0.434 e. The maximum absolute atomic E-state index is 13.0. The third kappa shape index (κ3) is 4.42. The second-order valence-corrected chi connectivity index (χ2v) is 9.86. The molecule has 10 heteroatoms. The molecule has 4 heterocycles. The number of rotatable bonds is 3. The van der Waals surface area contributed by atoms with Crippen LogP contribution in [0.2, 0.25) is 0 Å². The molecule has 5 nitrogen and oxygen atoms in total. The number of aromatic nitrogens is 3. The zero-order chi connectivity index (χ0) is 22.3. The molecule has 1 saturated heterocycles. The number of ether oxygens (including phenoxy) is 1. The van der Waals surface area contributed by atoms with Crippen LogP contribution in [-0.4, -0.2) is 51.2 Å². The van der Waals surface area contributed by atoms with Crippen molar-refractivity contribution in [2.24, 2.45) is 0 Å². The van der Waals surface area contributed by atoms with Crippen LogP contribution in [0.1, 0.15) is 49.3 Å². The fourth-order valence-corrected chi connectivity index (χ4v) is 6.06. The van der Waals surface area contributed by atoms with Crippen molar-refractivity contribution in [1.29, 1.82) is 0 Å². The minimum atomic E-state index is -4.45. The third-order valence-electron chi connectivity index (χ3n) is 6.61. The number of pyridine rings is 1. The molecular formula is C22H25F3N4OS2. The van der Waals surface area contributed by atoms with Gasteiger partial charge in [-0.3, -0.25) is 8.87 Å². The molecule has 0 N–H and O–H groups in total. The van der Waals surface area contributed by atoms with Crippen molar-refractivity contribution < 1.29 is 17.9 Å². The first-order valence-electron chi connectivity index (χ1n) is 11.0. The summed E-state index contributed by atoms with van der Waals surface area (Å²) >= 11 is 5.41. The Morgan fingerprint density at radius 1 is 1.12 bits per heavy atom. The minimum absolute atomic E-state index is 0.334. The molecular weight excluding hydrogens is 457 g/mol. The van der Waals surface area contributed by atoms with Crippen LogP contribution in [0.5, 0.6) is 0 Å². The topological polar surface area (TPSA) is 43.2 Å². The molecule has 1 aliphatic carbocycles. The number of nitrogens with zero attached hydrogens (tertiary/aromatic N) is 4. The number of thiazole rings is 1. The van der Waals surface area contributed by atoms with E-state index < -0.39 is 11.9 Å². The molecule has 0 atom stereocenters. The van der Waals surface area contributed by atoms with E-state index in [-0.39, 0.29) is 0 Å². The van der Waals surface area contributed by atoms with Crippen LogP contribution in [-0.2, 0) is 10.9 Å². The van der Waals surface area contributed by atoms with Crippen LogP contribution in [0.25, 0.3) is 21.6 Å². The Kier molecular flexibility index (Phi) is 6.21. The van der Waals surface area contributed by atoms with Gasteiger partial charge in [0.1, 0.15) is 10.7 Å². The smallest absolute Gasteiger partial charge is 0.380 e. The lowest BCUT2D eigenvalue weighted by Gasteiger charge is -2.36. The molecule has 0 unspecified atom stereocenters. The van der Waals surface area contributed by atoms with Crippen molar-refractivity contribution in [1.82, 2.24) is 18.8 Å². The first-order chi connectivity index (χ1) is 15.4. The molecule has 2 fully saturated rings. The molecule has 32 heavy (non-hydrogen) atoms. The summed E-state index contributed by atoms with van der Waals surface area (Å²) in [4.78, 5) is 11.0. The normalized spacial score (nSPS) is 23.5. The average molecular weight is 483 g/mol. The Morgan fingerprint density at radius 2 is 1.94 bits per heavy atom. The second-order valence-electron chi connectivity index (χ2n) is 8.57. The van der Waals surface area contributed by atoms with Crippen molar-refractivity contribution in [3.05, 3.63) is 35.1 Å². The van der Waals surface area contributed by atoms with Gasteiger partial charge in [0.2, 0.25) is 0 Å². The Labute approximate surface area is 194 Å². The Morgan fingerprint density at radius 3 is 2.69 bits per heavy atom. The molecule has 2 aliphatic rings. The lowest BCUT2D eigenvalue weighted by molar-refractivity contribution is -0.140. The van der Waals surface area contributed by atoms with Crippen molar-refractivity contribution in [2.45, 2.75) is 50.2 Å². The van der Waals surface area contributed by atoms with Crippen LogP contribution in [0.15, 0.2) is 23.8 Å². The minimum Gasteiger partial charge on any atom is -0.380 e. The van der Waals surface area contributed by atoms with Gasteiger partial charge in [-0.15, -0.1) is 11.3 Å². The number of halogens is 3. The number of alkyl halides is 3. The zero-order valence-electron chi connectivity index (χ0n) is 17.5. The quantitative estimate of drug-likeness (QED) is 0.492. The Hall–Kier alpha value is -1.62. The SMILES string of the molecule is FC(F)(F)c1csc(-c2cn(S)c3ncc([C@H]4CC[C@@H](N5CCCOCC5)CC4)cc23)n1. The van der Waals surface area contributed by atoms with Crippen LogP contribution < -0.4 is 0 Å². The molecule has 0 aromatic carbocycles. The van der Waals surface area contributed by atoms with E-state index in [1.165, 1.54) is 0 Å². The van der Waals surface area contributed by atoms with Gasteiger partial charge in [-0.1, -0.05) is 12.8 Å². The molecule has 3 aromatic heterocycles. The fraction of sp³-hybridized carbons (Fsp3) is 0.545. The number of fused-ring (bicyclic) bond motifs is 1. The first-order valence-corrected chi connectivity index (χ1v) is 12.2. The van der Waals surface area contributed by atoms with E-state index in [0.29, 0.717) is 28.2 Å². The lowest BCUT2D eigenvalue weighted by atomic mass is 9.81. The monoisotopic (exact) mass is 482 g/mol. The van der Waals surface area contributed by atoms with Gasteiger partial charge < -0.3 is 4.74 Å². The van der Waals surface area contributed by atoms with Gasteiger partial charge in [0, 0.05) is 54.5 Å². The summed E-state index contributed by atoms with van der Waals surface area (Å²) < 4.78 is 46.2. The highest BCUT2D eigenvalue weighted by Crippen LogP contribution is 2.40. The van der Waals surface area contributed by atoms with Gasteiger partial charge in [0.25, 0.3) is 0 Å². The Balaban J connectivity index is 1.37. The summed E-state index contributed by atoms with van der Waals surface area (Å²) in [5, 5.41) is 2.19. The maximum atomic E-state index is 13.0. The van der Waals surface area contributed by atoms with E-state index in [4.69, 9.17) is 4.74 Å². The number of thiol groups is 1. The first kappa shape index (κ1) is 22.2. The van der Waals surface area contributed by atoms with Crippen LogP contribution >= 0.6 is 24.2 Å². The standard InChI is InChI=1S/C22H25F3N4OS2/c23-22(24,25)19-13-32-21(27-19)18-12-29(31)20-17(18)10-15(11-26-20)14-2-4-16(5-3-14)28-6-1-8-30-9-7-28/h10-14,16,31H,1-9H2/t14-,16+. The van der Waals surface area contributed by atoms with Crippen LogP contribution in [0.4, 0.5) is 13.2 Å². The van der Waals surface area contributed by atoms with E-state index in [0.717, 1.165) is 86.1 Å². The van der Waals surface area contributed by atoms with Crippen molar-refractivity contribution >= 4 is 35.2 Å². The highest BCUT2D eigenvalue weighted by molar-refractivity contribution is 7.78. The molecule has 172 valence electrons. The fourth-order valence-electron chi connectivity index (χ4n) is 4.93. The summed E-state index contributed by atoms with van der Waals surface area (Å²) in [6, 6.07) is 2.68. The van der Waals surface area contributed by atoms with Crippen molar-refractivity contribution in [2.75, 3.05) is 26.3 Å². The molecule has 1 saturated carbocycles. The van der Waals surface area contributed by atoms with Crippen LogP contribution in [0.3, 0.4) is 0 Å². The summed E-state index contributed by atoms with van der Waals surface area (Å²) in [6.07, 6.45) is 4.69. The highest BCUT2D eigenvalue weighted by Gasteiger charge is 2.34. The third-order valence-corrected chi connectivity index (χ3v) is 7.79. The van der Waals surface area contributed by atoms with Gasteiger partial charge in [0.05, 0.1) is 6.61 Å². The molecule has 3 aromatic rings. The number of hydrogen-bond acceptors (Lipinski definition) is 6. The highest BCUT2D eigenvalue weighted by atomic mass is 32.1. The molecule has 0 spiro atoms. The lowest BCUT2D eigenvalue weighted by Crippen LogP contribution is -2.39. The molecule has 0 radical (unpaired) electrons. The Bertz CT molecular complexity index is 1080. The van der Waals surface area contributed by atoms with Gasteiger partial charge in [-0.05, 0) is 49.7 Å². The number of hydrogen-bond donors (Lipinski definition) is 1. The summed E-state index contributed by atoms with van der Waals surface area (Å²) in [5.74, 6) is 0.407. The summed E-state index contributed by atoms with van der Waals surface area (Å²) in [6.45, 7) is 3.79. The van der Waals surface area contributed by atoms with Crippen molar-refractivity contribution in [3.8, 4) is 10.6 Å². The van der Waals surface area contributed by atoms with Gasteiger partial charge in [-0.2, -0.15) is 13.2 Å². The zero-order valence-corrected chi connectivity index (χ0v) is 19.2. The molecule has 0 amide bonds. The second kappa shape index (κ2) is 8.96. The van der Waals surface area contributed by atoms with Gasteiger partial charge in [-0.25, -0.2) is 9.97 Å². The summed E-state index contributed by atoms with van der Waals surface area (Å²) in [7, 11) is 0. The van der Waals surface area contributed by atoms with E-state index in [1.807, 2.05) is 6.20 Å². The predicted octanol–water partition coefficient (Wildman–Crippen LogP) is 5.62. The summed E-state index contributed by atoms with van der Waals surface area (Å²) in [5.41, 5.74) is 1.56. The molecule has 5 rings (SSSR count).